The van der Waals surface area contributed by atoms with Gasteiger partial charge in [-0.2, -0.15) is 0 Å². The molecule has 68 heavy (non-hydrogen) atoms. The number of imidazole rings is 1. The Kier molecular flexibility index (Phi) is 14.5. The molecule has 0 aliphatic carbocycles. The highest BCUT2D eigenvalue weighted by Crippen LogP contribution is 2.34. The van der Waals surface area contributed by atoms with Gasteiger partial charge < -0.3 is 15.1 Å². The fourth-order valence-electron chi connectivity index (χ4n) is 11.1. The first-order chi connectivity index (χ1) is 33.0. The van der Waals surface area contributed by atoms with E-state index in [4.69, 9.17) is 0 Å². The first kappa shape index (κ1) is 47.0. The summed E-state index contributed by atoms with van der Waals surface area (Å²) in [6, 6.07) is 24.9. The minimum absolute atomic E-state index is 0.0412. The van der Waals surface area contributed by atoms with Gasteiger partial charge in [-0.15, -0.1) is 0 Å². The molecule has 2 unspecified atom stereocenters. The first-order valence-corrected chi connectivity index (χ1v) is 24.8. The van der Waals surface area contributed by atoms with Gasteiger partial charge in [0.15, 0.2) is 0 Å². The van der Waals surface area contributed by atoms with E-state index >= 15 is 0 Å². The van der Waals surface area contributed by atoms with Crippen molar-refractivity contribution >= 4 is 45.4 Å². The zero-order valence-electron chi connectivity index (χ0n) is 39.5. The van der Waals surface area contributed by atoms with Crippen molar-refractivity contribution in [2.75, 3.05) is 45.8 Å². The number of hydrogen-bond acceptors (Lipinski definition) is 7. The van der Waals surface area contributed by atoms with Crippen molar-refractivity contribution in [3.8, 4) is 11.8 Å². The van der Waals surface area contributed by atoms with Crippen LogP contribution in [0.3, 0.4) is 0 Å². The summed E-state index contributed by atoms with van der Waals surface area (Å²) in [4.78, 5) is 70.8. The van der Waals surface area contributed by atoms with Gasteiger partial charge >= 0.3 is 5.69 Å². The highest BCUT2D eigenvalue weighted by molar-refractivity contribution is 6.00. The van der Waals surface area contributed by atoms with Crippen molar-refractivity contribution in [3.63, 3.8) is 0 Å². The number of aromatic nitrogens is 2. The number of carbonyl (C=O) groups excluding carboxylic acids is 4. The normalized spacial score (nSPS) is 19.8. The number of fused-ring (bicyclic) bond motifs is 2. The molecule has 4 aromatic carbocycles. The molecule has 4 amide bonds. The summed E-state index contributed by atoms with van der Waals surface area (Å²) < 4.78 is 16.7. The third kappa shape index (κ3) is 10.5. The Bertz CT molecular complexity index is 2800. The number of rotatable bonds is 12. The Morgan fingerprint density at radius 1 is 0.809 bits per heavy atom. The molecule has 0 bridgehead atoms. The highest BCUT2D eigenvalue weighted by Gasteiger charge is 2.33. The van der Waals surface area contributed by atoms with E-state index in [-0.39, 0.29) is 53.5 Å². The summed E-state index contributed by atoms with van der Waals surface area (Å²) in [5, 5.41) is 7.79. The Morgan fingerprint density at radius 3 is 2.32 bits per heavy atom. The second kappa shape index (κ2) is 21.0. The van der Waals surface area contributed by atoms with E-state index in [1.165, 1.54) is 33.0 Å². The SMILES string of the molecule is CC(c1ccc(C#CC2CCN(CCCCC(=O)N3CCC(c4ccc5c(c4)n(C)c(=O)n5C4CCC(=O)NC4=O)CC3)CC2)c2ccccc12)N1CCC(C(=O)NCc2cccc(F)c2)CC1. The van der Waals surface area contributed by atoms with Crippen molar-refractivity contribution in [3.05, 3.63) is 117 Å². The Labute approximate surface area is 398 Å². The van der Waals surface area contributed by atoms with E-state index in [0.717, 1.165) is 119 Å². The summed E-state index contributed by atoms with van der Waals surface area (Å²) >= 11 is 0. The maximum Gasteiger partial charge on any atom is 0.329 e. The van der Waals surface area contributed by atoms with Crippen molar-refractivity contribution in [2.24, 2.45) is 18.9 Å². The van der Waals surface area contributed by atoms with Crippen molar-refractivity contribution in [2.45, 2.75) is 102 Å². The third-order valence-electron chi connectivity index (χ3n) is 15.3. The lowest BCUT2D eigenvalue weighted by atomic mass is 9.89. The summed E-state index contributed by atoms with van der Waals surface area (Å²) in [7, 11) is 1.72. The number of piperidine rings is 4. The number of nitrogens with one attached hydrogen (secondary N) is 2. The molecule has 9 rings (SSSR count). The van der Waals surface area contributed by atoms with Gasteiger partial charge in [-0.1, -0.05) is 60.4 Å². The monoisotopic (exact) mass is 921 g/mol. The van der Waals surface area contributed by atoms with Crippen LogP contribution in [0.5, 0.6) is 0 Å². The number of benzene rings is 4. The fraction of sp³-hybridized carbons (Fsp3) is 0.473. The number of unbranched alkanes of at least 4 members (excludes halogenated alkanes) is 1. The first-order valence-electron chi connectivity index (χ1n) is 24.8. The predicted octanol–water partition coefficient (Wildman–Crippen LogP) is 7.34. The number of hydrogen-bond donors (Lipinski definition) is 2. The third-order valence-corrected chi connectivity index (χ3v) is 15.3. The smallest absolute Gasteiger partial charge is 0.329 e. The largest absolute Gasteiger partial charge is 0.352 e. The molecule has 356 valence electrons. The van der Waals surface area contributed by atoms with E-state index in [9.17, 15) is 28.4 Å². The number of likely N-dealkylation sites (tertiary alicyclic amines) is 3. The zero-order valence-corrected chi connectivity index (χ0v) is 39.5. The molecule has 5 aromatic rings. The molecule has 2 atom stereocenters. The van der Waals surface area contributed by atoms with Crippen molar-refractivity contribution in [1.82, 2.24) is 34.5 Å². The zero-order chi connectivity index (χ0) is 47.3. The van der Waals surface area contributed by atoms with Crippen LogP contribution < -0.4 is 16.3 Å². The van der Waals surface area contributed by atoms with E-state index in [0.29, 0.717) is 30.8 Å². The lowest BCUT2D eigenvalue weighted by molar-refractivity contribution is -0.136. The van der Waals surface area contributed by atoms with Crippen LogP contribution in [-0.4, -0.2) is 93.3 Å². The quantitative estimate of drug-likeness (QED) is 0.0762. The minimum Gasteiger partial charge on any atom is -0.352 e. The fourth-order valence-corrected chi connectivity index (χ4v) is 11.1. The van der Waals surface area contributed by atoms with Crippen LogP contribution in [0.4, 0.5) is 4.39 Å². The molecule has 13 heteroatoms. The lowest BCUT2D eigenvalue weighted by Gasteiger charge is -2.36. The number of carbonyl (C=O) groups is 4. The van der Waals surface area contributed by atoms with Gasteiger partial charge in [0.1, 0.15) is 11.9 Å². The van der Waals surface area contributed by atoms with E-state index in [1.54, 1.807) is 17.7 Å². The maximum absolute atomic E-state index is 13.6. The predicted molar refractivity (Wildman–Crippen MR) is 262 cm³/mol. The van der Waals surface area contributed by atoms with Crippen LogP contribution in [0.25, 0.3) is 21.8 Å². The molecule has 12 nitrogen and oxygen atoms in total. The van der Waals surface area contributed by atoms with Crippen LogP contribution in [0.2, 0.25) is 0 Å². The Morgan fingerprint density at radius 2 is 1.57 bits per heavy atom. The topological polar surface area (TPSA) is 129 Å². The molecule has 4 fully saturated rings. The summed E-state index contributed by atoms with van der Waals surface area (Å²) in [5.41, 5.74) is 5.44. The van der Waals surface area contributed by atoms with Gasteiger partial charge in [-0.25, -0.2) is 9.18 Å². The van der Waals surface area contributed by atoms with Crippen LogP contribution in [0, 0.1) is 29.5 Å². The molecule has 4 aliphatic heterocycles. The van der Waals surface area contributed by atoms with E-state index in [1.807, 2.05) is 23.1 Å². The molecule has 5 heterocycles. The van der Waals surface area contributed by atoms with Crippen LogP contribution >= 0.6 is 0 Å². The number of halogens is 1. The molecular weight excluding hydrogens is 858 g/mol. The summed E-state index contributed by atoms with van der Waals surface area (Å²) in [5.74, 6) is 7.04. The lowest BCUT2D eigenvalue weighted by Crippen LogP contribution is -2.44. The van der Waals surface area contributed by atoms with Gasteiger partial charge in [-0.3, -0.25) is 38.5 Å². The van der Waals surface area contributed by atoms with Crippen molar-refractivity contribution in [1.29, 1.82) is 0 Å². The number of amides is 4. The van der Waals surface area contributed by atoms with Gasteiger partial charge in [-0.05, 0) is 161 Å². The van der Waals surface area contributed by atoms with E-state index < -0.39 is 11.9 Å². The maximum atomic E-state index is 13.6. The molecule has 4 saturated heterocycles. The minimum atomic E-state index is -0.704. The molecular formula is C55H64FN7O5. The summed E-state index contributed by atoms with van der Waals surface area (Å²) in [6.45, 7) is 8.75. The van der Waals surface area contributed by atoms with E-state index in [2.05, 4.69) is 81.7 Å². The van der Waals surface area contributed by atoms with Gasteiger partial charge in [0.25, 0.3) is 0 Å². The number of imide groups is 1. The molecule has 0 saturated carbocycles. The average molecular weight is 922 g/mol. The van der Waals surface area contributed by atoms with Gasteiger partial charge in [0, 0.05) is 63.0 Å². The average Bonchev–Trinajstić information content (AvgIpc) is 3.61. The van der Waals surface area contributed by atoms with Gasteiger partial charge in [0.05, 0.1) is 11.0 Å². The Balaban J connectivity index is 0.695. The second-order valence-electron chi connectivity index (χ2n) is 19.5. The molecule has 2 N–H and O–H groups in total. The van der Waals surface area contributed by atoms with Crippen LogP contribution in [0.15, 0.2) is 83.7 Å². The summed E-state index contributed by atoms with van der Waals surface area (Å²) in [6.07, 6.45) is 8.36. The Hall–Kier alpha value is -6.10. The molecule has 1 aromatic heterocycles. The molecule has 4 aliphatic rings. The second-order valence-corrected chi connectivity index (χ2v) is 19.5. The molecule has 0 spiro atoms. The highest BCUT2D eigenvalue weighted by atomic mass is 19.1. The standard InChI is InChI=1S/C55H64FN7O5/c1-37(61-30-25-42(26-31-61)53(66)57-36-39-8-7-9-44(56)34-39)45-17-15-41(46-10-3-4-11-47(45)46)14-13-38-21-28-60(29-22-38)27-6-5-12-52(65)62-32-23-40(24-33-62)43-16-18-48-50(35-43)59(2)55(68)63(48)49-19-20-51(64)58-54(49)67/h3-4,7-11,15-18,34-35,37-38,40,42,49H,5-6,12,19-33,36H2,1-2H3,(H,57,66)(H,58,64,67). The van der Waals surface area contributed by atoms with Gasteiger partial charge in [0.2, 0.25) is 23.6 Å². The number of aryl methyl sites for hydroxylation is 1. The molecule has 0 radical (unpaired) electrons. The van der Waals surface area contributed by atoms with Crippen LogP contribution in [-0.2, 0) is 32.8 Å². The van der Waals surface area contributed by atoms with Crippen molar-refractivity contribution < 1.29 is 23.6 Å². The number of nitrogens with zero attached hydrogens (tertiary/aromatic N) is 5. The van der Waals surface area contributed by atoms with Crippen LogP contribution in [0.1, 0.15) is 118 Å².